The third-order valence-electron chi connectivity index (χ3n) is 3.67. The van der Waals surface area contributed by atoms with Crippen molar-refractivity contribution in [3.8, 4) is 0 Å². The Morgan fingerprint density at radius 2 is 1.75 bits per heavy atom. The number of thioether (sulfide) groups is 1. The number of halogens is 1. The molecule has 2 N–H and O–H groups in total. The van der Waals surface area contributed by atoms with Gasteiger partial charge in [0.25, 0.3) is 0 Å². The van der Waals surface area contributed by atoms with Crippen LogP contribution in [0, 0.1) is 5.82 Å². The Morgan fingerprint density at radius 1 is 1.07 bits per heavy atom. The van der Waals surface area contributed by atoms with Crippen LogP contribution >= 0.6 is 23.1 Å². The summed E-state index contributed by atoms with van der Waals surface area (Å²) in [7, 11) is 0. The van der Waals surface area contributed by atoms with Crippen LogP contribution in [0.5, 0.6) is 0 Å². The molecule has 0 aliphatic rings. The number of carbonyl (C=O) groups is 2. The minimum absolute atomic E-state index is 0.149. The third kappa shape index (κ3) is 5.90. The maximum absolute atomic E-state index is 13.7. The summed E-state index contributed by atoms with van der Waals surface area (Å²) in [6.07, 6.45) is 0.157. The SMILES string of the molecule is CC(=O)Nc1ccc(NC(=O)Cc2csc(SCc3ccccc3F)n2)cc1. The summed E-state index contributed by atoms with van der Waals surface area (Å²) in [6.45, 7) is 1.44. The molecule has 28 heavy (non-hydrogen) atoms. The summed E-state index contributed by atoms with van der Waals surface area (Å²) >= 11 is 2.89. The van der Waals surface area contributed by atoms with Crippen LogP contribution in [0.25, 0.3) is 0 Å². The zero-order valence-corrected chi connectivity index (χ0v) is 16.7. The summed E-state index contributed by atoms with van der Waals surface area (Å²) in [4.78, 5) is 27.7. The van der Waals surface area contributed by atoms with Crippen LogP contribution in [0.15, 0.2) is 58.3 Å². The van der Waals surface area contributed by atoms with Crippen molar-refractivity contribution in [1.82, 2.24) is 4.98 Å². The van der Waals surface area contributed by atoms with E-state index in [0.29, 0.717) is 28.4 Å². The second-order valence-electron chi connectivity index (χ2n) is 5.97. The van der Waals surface area contributed by atoms with Crippen molar-refractivity contribution in [1.29, 1.82) is 0 Å². The van der Waals surface area contributed by atoms with Gasteiger partial charge in [-0.25, -0.2) is 9.37 Å². The zero-order valence-electron chi connectivity index (χ0n) is 15.1. The maximum Gasteiger partial charge on any atom is 0.230 e. The van der Waals surface area contributed by atoms with E-state index in [2.05, 4.69) is 15.6 Å². The molecular weight excluding hydrogens is 397 g/mol. The first-order valence-corrected chi connectivity index (χ1v) is 10.3. The van der Waals surface area contributed by atoms with Gasteiger partial charge >= 0.3 is 0 Å². The van der Waals surface area contributed by atoms with Crippen molar-refractivity contribution in [3.63, 3.8) is 0 Å². The fraction of sp³-hybridized carbons (Fsp3) is 0.150. The van der Waals surface area contributed by atoms with Gasteiger partial charge in [0.2, 0.25) is 11.8 Å². The van der Waals surface area contributed by atoms with E-state index in [4.69, 9.17) is 0 Å². The summed E-state index contributed by atoms with van der Waals surface area (Å²) in [5, 5.41) is 7.31. The molecule has 2 aromatic carbocycles. The molecule has 0 bridgehead atoms. The number of hydrogen-bond donors (Lipinski definition) is 2. The van der Waals surface area contributed by atoms with Crippen LogP contribution in [0.2, 0.25) is 0 Å². The quantitative estimate of drug-likeness (QED) is 0.548. The maximum atomic E-state index is 13.7. The smallest absolute Gasteiger partial charge is 0.230 e. The van der Waals surface area contributed by atoms with Gasteiger partial charge in [0.1, 0.15) is 10.2 Å². The third-order valence-corrected chi connectivity index (χ3v) is 5.79. The Labute approximate surface area is 170 Å². The van der Waals surface area contributed by atoms with E-state index >= 15 is 0 Å². The Morgan fingerprint density at radius 3 is 2.43 bits per heavy atom. The molecule has 0 aliphatic carbocycles. The van der Waals surface area contributed by atoms with Gasteiger partial charge in [0, 0.05) is 29.4 Å². The number of nitrogens with zero attached hydrogens (tertiary/aromatic N) is 1. The molecule has 0 fully saturated rings. The number of amides is 2. The average Bonchev–Trinajstić information content (AvgIpc) is 3.09. The number of benzene rings is 2. The van der Waals surface area contributed by atoms with Crippen LogP contribution in [-0.4, -0.2) is 16.8 Å². The molecule has 0 radical (unpaired) electrons. The second-order valence-corrected chi connectivity index (χ2v) is 8.05. The van der Waals surface area contributed by atoms with Gasteiger partial charge in [-0.05, 0) is 35.9 Å². The number of aromatic nitrogens is 1. The molecule has 0 spiro atoms. The molecule has 3 rings (SSSR count). The lowest BCUT2D eigenvalue weighted by molar-refractivity contribution is -0.116. The zero-order chi connectivity index (χ0) is 19.9. The lowest BCUT2D eigenvalue weighted by Gasteiger charge is -2.06. The molecule has 3 aromatic rings. The van der Waals surface area contributed by atoms with Crippen molar-refractivity contribution in [3.05, 3.63) is 71.0 Å². The van der Waals surface area contributed by atoms with Gasteiger partial charge in [-0.1, -0.05) is 30.0 Å². The number of hydrogen-bond acceptors (Lipinski definition) is 5. The lowest BCUT2D eigenvalue weighted by atomic mass is 10.2. The van der Waals surface area contributed by atoms with Crippen LogP contribution in [0.3, 0.4) is 0 Å². The highest BCUT2D eigenvalue weighted by Crippen LogP contribution is 2.27. The molecule has 0 saturated heterocycles. The Balaban J connectivity index is 1.51. The van der Waals surface area contributed by atoms with E-state index < -0.39 is 0 Å². The average molecular weight is 416 g/mol. The van der Waals surface area contributed by atoms with Crippen molar-refractivity contribution < 1.29 is 14.0 Å². The highest BCUT2D eigenvalue weighted by Gasteiger charge is 2.10. The van der Waals surface area contributed by atoms with E-state index in [0.717, 1.165) is 4.34 Å². The van der Waals surface area contributed by atoms with Gasteiger partial charge < -0.3 is 10.6 Å². The summed E-state index contributed by atoms with van der Waals surface area (Å²) < 4.78 is 14.5. The molecule has 2 amide bonds. The summed E-state index contributed by atoms with van der Waals surface area (Å²) in [6, 6.07) is 13.5. The van der Waals surface area contributed by atoms with Crippen molar-refractivity contribution in [2.45, 2.75) is 23.4 Å². The topological polar surface area (TPSA) is 71.1 Å². The molecule has 1 aromatic heterocycles. The van der Waals surface area contributed by atoms with E-state index in [-0.39, 0.29) is 24.1 Å². The Kier molecular flexibility index (Phi) is 6.78. The first-order chi connectivity index (χ1) is 13.5. The summed E-state index contributed by atoms with van der Waals surface area (Å²) in [5.74, 6) is -0.0603. The van der Waals surface area contributed by atoms with Crippen molar-refractivity contribution in [2.75, 3.05) is 10.6 Å². The molecule has 0 aliphatic heterocycles. The minimum Gasteiger partial charge on any atom is -0.326 e. The number of nitrogens with one attached hydrogen (secondary N) is 2. The molecule has 5 nitrogen and oxygen atoms in total. The summed E-state index contributed by atoms with van der Waals surface area (Å²) in [5.41, 5.74) is 2.61. The highest BCUT2D eigenvalue weighted by atomic mass is 32.2. The van der Waals surface area contributed by atoms with Crippen LogP contribution in [0.1, 0.15) is 18.2 Å². The van der Waals surface area contributed by atoms with Gasteiger partial charge in [0.15, 0.2) is 0 Å². The van der Waals surface area contributed by atoms with E-state index in [1.54, 1.807) is 42.5 Å². The van der Waals surface area contributed by atoms with Crippen LogP contribution in [-0.2, 0) is 21.8 Å². The number of carbonyl (C=O) groups excluding carboxylic acids is 2. The van der Waals surface area contributed by atoms with Crippen molar-refractivity contribution >= 4 is 46.3 Å². The van der Waals surface area contributed by atoms with E-state index in [1.165, 1.54) is 36.1 Å². The lowest BCUT2D eigenvalue weighted by Crippen LogP contribution is -2.14. The fourth-order valence-electron chi connectivity index (χ4n) is 2.40. The first-order valence-electron chi connectivity index (χ1n) is 8.48. The van der Waals surface area contributed by atoms with Gasteiger partial charge in [-0.15, -0.1) is 11.3 Å². The number of rotatable bonds is 7. The predicted molar refractivity (Wildman–Crippen MR) is 111 cm³/mol. The van der Waals surface area contributed by atoms with Crippen LogP contribution < -0.4 is 10.6 Å². The molecular formula is C20H18FN3O2S2. The van der Waals surface area contributed by atoms with Gasteiger partial charge in [-0.3, -0.25) is 9.59 Å². The highest BCUT2D eigenvalue weighted by molar-refractivity contribution is 8.00. The minimum atomic E-state index is -0.226. The normalized spacial score (nSPS) is 10.5. The predicted octanol–water partition coefficient (Wildman–Crippen LogP) is 4.71. The van der Waals surface area contributed by atoms with Gasteiger partial charge in [0.05, 0.1) is 12.1 Å². The Hall–Kier alpha value is -2.71. The van der Waals surface area contributed by atoms with E-state index in [1.807, 2.05) is 5.38 Å². The molecule has 0 unspecified atom stereocenters. The molecule has 1 heterocycles. The monoisotopic (exact) mass is 415 g/mol. The van der Waals surface area contributed by atoms with Crippen molar-refractivity contribution in [2.24, 2.45) is 0 Å². The van der Waals surface area contributed by atoms with Crippen LogP contribution in [0.4, 0.5) is 15.8 Å². The standard InChI is InChI=1S/C20H18FN3O2S2/c1-13(25)22-15-6-8-16(9-7-15)23-19(26)10-17-12-28-20(24-17)27-11-14-4-2-3-5-18(14)21/h2-9,12H,10-11H2,1H3,(H,22,25)(H,23,26). The number of anilines is 2. The molecule has 8 heteroatoms. The molecule has 0 atom stereocenters. The van der Waals surface area contributed by atoms with Gasteiger partial charge in [-0.2, -0.15) is 0 Å². The number of thiazole rings is 1. The van der Waals surface area contributed by atoms with E-state index in [9.17, 15) is 14.0 Å². The molecule has 0 saturated carbocycles. The molecule has 144 valence electrons. The second kappa shape index (κ2) is 9.48. The fourth-order valence-corrected chi connectivity index (χ4v) is 4.23. The first kappa shape index (κ1) is 20.0. The largest absolute Gasteiger partial charge is 0.326 e. The Bertz CT molecular complexity index is 974.